The van der Waals surface area contributed by atoms with E-state index in [4.69, 9.17) is 9.47 Å². The maximum Gasteiger partial charge on any atom is 0.189 e. The van der Waals surface area contributed by atoms with Crippen LogP contribution in [-0.2, 0) is 15.9 Å². The van der Waals surface area contributed by atoms with Crippen LogP contribution in [0.3, 0.4) is 0 Å². The Balaban J connectivity index is 1.95. The van der Waals surface area contributed by atoms with Crippen molar-refractivity contribution in [2.24, 2.45) is 0 Å². The Kier molecular flexibility index (Phi) is 3.28. The molecule has 82 valence electrons. The lowest BCUT2D eigenvalue weighted by molar-refractivity contribution is -0.0921. The Hall–Kier alpha value is -1.00. The van der Waals surface area contributed by atoms with E-state index in [0.717, 1.165) is 0 Å². The predicted molar refractivity (Wildman–Crippen MR) is 50.7 cm³/mol. The fourth-order valence-electron chi connectivity index (χ4n) is 1.57. The smallest absolute Gasteiger partial charge is 0.189 e. The molecule has 0 saturated carbocycles. The van der Waals surface area contributed by atoms with Gasteiger partial charge >= 0.3 is 0 Å². The van der Waals surface area contributed by atoms with E-state index in [0.29, 0.717) is 18.8 Å². The highest BCUT2D eigenvalue weighted by atomic mass is 19.1. The average molecular weight is 214 g/mol. The number of alkyl halides is 1. The second-order valence-electron chi connectivity index (χ2n) is 3.46. The summed E-state index contributed by atoms with van der Waals surface area (Å²) in [6.07, 6.45) is -1.93. The van der Waals surface area contributed by atoms with Crippen molar-refractivity contribution < 1.29 is 18.3 Å². The first-order valence-corrected chi connectivity index (χ1v) is 4.87. The average Bonchev–Trinajstić information content (AvgIpc) is 2.70. The fourth-order valence-corrected chi connectivity index (χ4v) is 1.57. The number of rotatable bonds is 3. The van der Waals surface area contributed by atoms with Gasteiger partial charge in [0.15, 0.2) is 12.5 Å². The zero-order chi connectivity index (χ0) is 10.7. The van der Waals surface area contributed by atoms with Crippen LogP contribution in [0.2, 0.25) is 0 Å². The lowest BCUT2D eigenvalue weighted by Gasteiger charge is -2.14. The molecule has 0 aliphatic carbocycles. The summed E-state index contributed by atoms with van der Waals surface area (Å²) in [5.74, 6) is -0.354. The summed E-state index contributed by atoms with van der Waals surface area (Å²) < 4.78 is 36.4. The van der Waals surface area contributed by atoms with E-state index in [9.17, 15) is 8.78 Å². The molecule has 1 aromatic carbocycles. The van der Waals surface area contributed by atoms with E-state index in [1.807, 2.05) is 0 Å². The molecule has 1 heterocycles. The number of hydrogen-bond acceptors (Lipinski definition) is 2. The molecule has 1 aliphatic rings. The Labute approximate surface area is 86.8 Å². The molecular formula is C11H12F2O2. The molecule has 1 aromatic rings. The van der Waals surface area contributed by atoms with Crippen molar-refractivity contribution in [3.8, 4) is 0 Å². The zero-order valence-electron chi connectivity index (χ0n) is 8.16. The molecule has 0 spiro atoms. The van der Waals surface area contributed by atoms with Gasteiger partial charge in [-0.15, -0.1) is 0 Å². The third kappa shape index (κ3) is 2.73. The maximum absolute atomic E-state index is 13.6. The first-order valence-electron chi connectivity index (χ1n) is 4.87. The Morgan fingerprint density at radius 1 is 1.33 bits per heavy atom. The van der Waals surface area contributed by atoms with Gasteiger partial charge in [0.2, 0.25) is 0 Å². The SMILES string of the molecule is Fc1cccc(CC(F)C2OCCO2)c1. The number of benzene rings is 1. The van der Waals surface area contributed by atoms with Crippen LogP contribution in [-0.4, -0.2) is 25.7 Å². The lowest BCUT2D eigenvalue weighted by atomic mass is 10.1. The zero-order valence-corrected chi connectivity index (χ0v) is 8.16. The summed E-state index contributed by atoms with van der Waals surface area (Å²) >= 11 is 0. The molecule has 0 radical (unpaired) electrons. The topological polar surface area (TPSA) is 18.5 Å². The van der Waals surface area contributed by atoms with Crippen LogP contribution in [0.4, 0.5) is 8.78 Å². The molecule has 0 N–H and O–H groups in total. The summed E-state index contributed by atoms with van der Waals surface area (Å²) in [5, 5.41) is 0. The van der Waals surface area contributed by atoms with E-state index < -0.39 is 12.5 Å². The van der Waals surface area contributed by atoms with Gasteiger partial charge < -0.3 is 9.47 Å². The second kappa shape index (κ2) is 4.68. The summed E-state index contributed by atoms with van der Waals surface area (Å²) in [6, 6.07) is 5.90. The second-order valence-corrected chi connectivity index (χ2v) is 3.46. The predicted octanol–water partition coefficient (Wildman–Crippen LogP) is 2.08. The summed E-state index contributed by atoms with van der Waals surface area (Å²) in [4.78, 5) is 0. The number of ether oxygens (including phenoxy) is 2. The van der Waals surface area contributed by atoms with Gasteiger partial charge in [0.05, 0.1) is 13.2 Å². The molecule has 15 heavy (non-hydrogen) atoms. The quantitative estimate of drug-likeness (QED) is 0.767. The third-order valence-corrected chi connectivity index (χ3v) is 2.26. The first kappa shape index (κ1) is 10.5. The minimum Gasteiger partial charge on any atom is -0.347 e. The lowest BCUT2D eigenvalue weighted by Crippen LogP contribution is -2.24. The highest BCUT2D eigenvalue weighted by Gasteiger charge is 2.26. The molecule has 2 nitrogen and oxygen atoms in total. The van der Waals surface area contributed by atoms with Crippen molar-refractivity contribution in [2.75, 3.05) is 13.2 Å². The third-order valence-electron chi connectivity index (χ3n) is 2.26. The van der Waals surface area contributed by atoms with Gasteiger partial charge in [-0.05, 0) is 17.7 Å². The molecule has 4 heteroatoms. The molecule has 1 unspecified atom stereocenters. The van der Waals surface area contributed by atoms with Gasteiger partial charge in [-0.2, -0.15) is 0 Å². The largest absolute Gasteiger partial charge is 0.347 e. The highest BCUT2D eigenvalue weighted by Crippen LogP contribution is 2.16. The molecule has 2 rings (SSSR count). The van der Waals surface area contributed by atoms with E-state index >= 15 is 0 Å². The van der Waals surface area contributed by atoms with Gasteiger partial charge in [0.1, 0.15) is 5.82 Å². The van der Waals surface area contributed by atoms with E-state index in [1.54, 1.807) is 12.1 Å². The summed E-state index contributed by atoms with van der Waals surface area (Å²) in [6.45, 7) is 0.850. The van der Waals surface area contributed by atoms with Crippen LogP contribution >= 0.6 is 0 Å². The van der Waals surface area contributed by atoms with Crippen molar-refractivity contribution in [1.82, 2.24) is 0 Å². The molecule has 0 aromatic heterocycles. The minimum atomic E-state index is -1.24. The maximum atomic E-state index is 13.6. The standard InChI is InChI=1S/C11H12F2O2/c12-9-3-1-2-8(6-9)7-10(13)11-14-4-5-15-11/h1-3,6,10-11H,4-5,7H2. The Morgan fingerprint density at radius 2 is 2.07 bits per heavy atom. The minimum absolute atomic E-state index is 0.114. The van der Waals surface area contributed by atoms with Crippen LogP contribution < -0.4 is 0 Å². The van der Waals surface area contributed by atoms with Crippen molar-refractivity contribution in [3.63, 3.8) is 0 Å². The van der Waals surface area contributed by atoms with E-state index in [2.05, 4.69) is 0 Å². The van der Waals surface area contributed by atoms with Crippen LogP contribution in [0.15, 0.2) is 24.3 Å². The Morgan fingerprint density at radius 3 is 2.73 bits per heavy atom. The summed E-state index contributed by atoms with van der Waals surface area (Å²) in [5.41, 5.74) is 0.613. The summed E-state index contributed by atoms with van der Waals surface area (Å²) in [7, 11) is 0. The molecule has 0 amide bonds. The van der Waals surface area contributed by atoms with Crippen molar-refractivity contribution in [3.05, 3.63) is 35.6 Å². The molecular weight excluding hydrogens is 202 g/mol. The van der Waals surface area contributed by atoms with Crippen LogP contribution in [0.25, 0.3) is 0 Å². The number of halogens is 2. The van der Waals surface area contributed by atoms with Gasteiger partial charge in [0.25, 0.3) is 0 Å². The van der Waals surface area contributed by atoms with Gasteiger partial charge in [-0.3, -0.25) is 0 Å². The number of hydrogen-bond donors (Lipinski definition) is 0. The van der Waals surface area contributed by atoms with Crippen LogP contribution in [0.5, 0.6) is 0 Å². The normalized spacial score (nSPS) is 19.3. The molecule has 1 fully saturated rings. The molecule has 1 atom stereocenters. The monoisotopic (exact) mass is 214 g/mol. The first-order chi connectivity index (χ1) is 7.25. The van der Waals surface area contributed by atoms with Crippen LogP contribution in [0, 0.1) is 5.82 Å². The molecule has 1 aliphatic heterocycles. The van der Waals surface area contributed by atoms with Gasteiger partial charge in [0, 0.05) is 6.42 Å². The highest BCUT2D eigenvalue weighted by molar-refractivity contribution is 5.17. The van der Waals surface area contributed by atoms with Gasteiger partial charge in [-0.25, -0.2) is 8.78 Å². The van der Waals surface area contributed by atoms with E-state index in [1.165, 1.54) is 12.1 Å². The van der Waals surface area contributed by atoms with Crippen molar-refractivity contribution in [2.45, 2.75) is 18.9 Å². The molecule has 0 bridgehead atoms. The fraction of sp³-hybridized carbons (Fsp3) is 0.455. The Bertz CT molecular complexity index is 324. The van der Waals surface area contributed by atoms with Crippen LogP contribution in [0.1, 0.15) is 5.56 Å². The van der Waals surface area contributed by atoms with Crippen molar-refractivity contribution >= 4 is 0 Å². The van der Waals surface area contributed by atoms with Gasteiger partial charge in [-0.1, -0.05) is 12.1 Å². The van der Waals surface area contributed by atoms with E-state index in [-0.39, 0.29) is 12.2 Å². The van der Waals surface area contributed by atoms with Crippen molar-refractivity contribution in [1.29, 1.82) is 0 Å². The molecule has 1 saturated heterocycles.